The normalized spacial score (nSPS) is 12.7. The Labute approximate surface area is 115 Å². The lowest BCUT2D eigenvalue weighted by molar-refractivity contribution is 0.566. The summed E-state index contributed by atoms with van der Waals surface area (Å²) in [6.07, 6.45) is 2.29. The molecule has 102 valence electrons. The van der Waals surface area contributed by atoms with Crippen LogP contribution in [-0.2, 0) is 0 Å². The highest BCUT2D eigenvalue weighted by Crippen LogP contribution is 2.21. The van der Waals surface area contributed by atoms with Crippen molar-refractivity contribution < 1.29 is 4.39 Å². The van der Waals surface area contributed by atoms with Crippen LogP contribution in [-0.4, -0.2) is 18.1 Å². The van der Waals surface area contributed by atoms with E-state index in [1.54, 1.807) is 13.0 Å². The van der Waals surface area contributed by atoms with Crippen LogP contribution in [0.25, 0.3) is 0 Å². The van der Waals surface area contributed by atoms with Gasteiger partial charge in [0.15, 0.2) is 0 Å². The van der Waals surface area contributed by atoms with Crippen LogP contribution in [0.1, 0.15) is 43.9 Å². The molecule has 1 unspecified atom stereocenters. The molecule has 0 saturated heterocycles. The lowest BCUT2D eigenvalue weighted by Gasteiger charge is -2.19. The maximum absolute atomic E-state index is 13.6. The molecule has 0 aliphatic heterocycles. The fourth-order valence-electron chi connectivity index (χ4n) is 1.76. The molecule has 0 bridgehead atoms. The zero-order chi connectivity index (χ0) is 13.4. The Morgan fingerprint density at radius 3 is 2.67 bits per heavy atom. The van der Waals surface area contributed by atoms with Crippen molar-refractivity contribution in [1.82, 2.24) is 5.32 Å². The molecule has 1 N–H and O–H groups in total. The fourth-order valence-corrected chi connectivity index (χ4v) is 2.76. The Morgan fingerprint density at radius 1 is 1.28 bits per heavy atom. The summed E-state index contributed by atoms with van der Waals surface area (Å²) in [6.45, 7) is 7.12. The molecule has 0 aromatic heterocycles. The molecular formula is C15H24FNS. The van der Waals surface area contributed by atoms with Gasteiger partial charge in [-0.05, 0) is 49.3 Å². The molecule has 1 nitrogen and oxygen atoms in total. The van der Waals surface area contributed by atoms with Crippen LogP contribution in [0, 0.1) is 12.7 Å². The van der Waals surface area contributed by atoms with Crippen LogP contribution < -0.4 is 5.32 Å². The maximum atomic E-state index is 13.6. The average molecular weight is 269 g/mol. The predicted octanol–water partition coefficient (Wildman–Crippen LogP) is 4.32. The van der Waals surface area contributed by atoms with Crippen LogP contribution in [0.4, 0.5) is 4.39 Å². The zero-order valence-electron chi connectivity index (χ0n) is 11.6. The summed E-state index contributed by atoms with van der Waals surface area (Å²) >= 11 is 1.93. The van der Waals surface area contributed by atoms with Gasteiger partial charge in [0.25, 0.3) is 0 Å². The van der Waals surface area contributed by atoms with Crippen LogP contribution in [0.3, 0.4) is 0 Å². The van der Waals surface area contributed by atoms with Crippen molar-refractivity contribution in [2.75, 3.05) is 18.1 Å². The molecule has 18 heavy (non-hydrogen) atoms. The minimum absolute atomic E-state index is 0.101. The lowest BCUT2D eigenvalue weighted by Crippen LogP contribution is -2.24. The van der Waals surface area contributed by atoms with E-state index in [2.05, 4.69) is 19.2 Å². The Bertz CT molecular complexity index is 354. The number of nitrogens with one attached hydrogen (secondary N) is 1. The van der Waals surface area contributed by atoms with Crippen molar-refractivity contribution in [3.05, 3.63) is 35.1 Å². The molecular weight excluding hydrogens is 245 g/mol. The standard InChI is InChI=1S/C15H24FNS/c1-4-8-17-15(11-18-9-5-2)13-7-6-12(3)14(16)10-13/h6-7,10,15,17H,4-5,8-9,11H2,1-3H3. The fraction of sp³-hybridized carbons (Fsp3) is 0.600. The van der Waals surface area contributed by atoms with E-state index in [0.29, 0.717) is 5.56 Å². The van der Waals surface area contributed by atoms with Gasteiger partial charge in [0, 0.05) is 11.8 Å². The van der Waals surface area contributed by atoms with E-state index in [0.717, 1.165) is 24.3 Å². The number of rotatable bonds is 8. The Morgan fingerprint density at radius 2 is 2.06 bits per heavy atom. The van der Waals surface area contributed by atoms with Gasteiger partial charge in [-0.25, -0.2) is 4.39 Å². The number of benzene rings is 1. The van der Waals surface area contributed by atoms with Crippen LogP contribution in [0.5, 0.6) is 0 Å². The second-order valence-electron chi connectivity index (χ2n) is 4.59. The van der Waals surface area contributed by atoms with Crippen LogP contribution in [0.2, 0.25) is 0 Å². The smallest absolute Gasteiger partial charge is 0.126 e. The molecule has 1 rings (SSSR count). The topological polar surface area (TPSA) is 12.0 Å². The Balaban J connectivity index is 2.70. The summed E-state index contributed by atoms with van der Waals surface area (Å²) in [6, 6.07) is 5.85. The van der Waals surface area contributed by atoms with Crippen LogP contribution >= 0.6 is 11.8 Å². The van der Waals surface area contributed by atoms with Gasteiger partial charge in [-0.1, -0.05) is 26.0 Å². The van der Waals surface area contributed by atoms with E-state index in [1.165, 1.54) is 12.2 Å². The highest BCUT2D eigenvalue weighted by Gasteiger charge is 2.12. The van der Waals surface area contributed by atoms with E-state index in [-0.39, 0.29) is 11.9 Å². The first-order valence-electron chi connectivity index (χ1n) is 6.76. The van der Waals surface area contributed by atoms with Gasteiger partial charge in [0.1, 0.15) is 5.82 Å². The Hall–Kier alpha value is -0.540. The molecule has 0 radical (unpaired) electrons. The lowest BCUT2D eigenvalue weighted by atomic mass is 10.1. The third-order valence-corrected chi connectivity index (χ3v) is 4.14. The minimum atomic E-state index is -0.101. The van der Waals surface area contributed by atoms with Gasteiger partial charge < -0.3 is 5.32 Å². The second-order valence-corrected chi connectivity index (χ2v) is 5.74. The first kappa shape index (κ1) is 15.5. The number of halogens is 1. The molecule has 0 aliphatic carbocycles. The van der Waals surface area contributed by atoms with E-state index in [4.69, 9.17) is 0 Å². The largest absolute Gasteiger partial charge is 0.309 e. The maximum Gasteiger partial charge on any atom is 0.126 e. The summed E-state index contributed by atoms with van der Waals surface area (Å²) in [7, 11) is 0. The number of thioether (sulfide) groups is 1. The molecule has 0 amide bonds. The SMILES string of the molecule is CCCNC(CSCCC)c1ccc(C)c(F)c1. The van der Waals surface area contributed by atoms with Crippen molar-refractivity contribution in [3.63, 3.8) is 0 Å². The molecule has 0 aliphatic rings. The van der Waals surface area contributed by atoms with E-state index in [1.807, 2.05) is 23.9 Å². The van der Waals surface area contributed by atoms with E-state index in [9.17, 15) is 4.39 Å². The van der Waals surface area contributed by atoms with Gasteiger partial charge in [-0.3, -0.25) is 0 Å². The molecule has 3 heteroatoms. The van der Waals surface area contributed by atoms with E-state index < -0.39 is 0 Å². The van der Waals surface area contributed by atoms with E-state index >= 15 is 0 Å². The quantitative estimate of drug-likeness (QED) is 0.705. The van der Waals surface area contributed by atoms with Gasteiger partial charge in [-0.15, -0.1) is 0 Å². The summed E-state index contributed by atoms with van der Waals surface area (Å²) in [4.78, 5) is 0. The highest BCUT2D eigenvalue weighted by molar-refractivity contribution is 7.99. The number of aryl methyl sites for hydroxylation is 1. The van der Waals surface area contributed by atoms with Crippen molar-refractivity contribution in [3.8, 4) is 0 Å². The number of hydrogen-bond acceptors (Lipinski definition) is 2. The minimum Gasteiger partial charge on any atom is -0.309 e. The Kier molecular flexibility index (Phi) is 7.36. The first-order chi connectivity index (χ1) is 8.69. The summed E-state index contributed by atoms with van der Waals surface area (Å²) in [5.74, 6) is 2.07. The predicted molar refractivity (Wildman–Crippen MR) is 79.8 cm³/mol. The van der Waals surface area contributed by atoms with Gasteiger partial charge in [0.05, 0.1) is 0 Å². The van der Waals surface area contributed by atoms with Crippen LogP contribution in [0.15, 0.2) is 18.2 Å². The molecule has 0 spiro atoms. The molecule has 1 atom stereocenters. The summed E-state index contributed by atoms with van der Waals surface area (Å²) in [5, 5.41) is 3.50. The van der Waals surface area contributed by atoms with Gasteiger partial charge >= 0.3 is 0 Å². The molecule has 0 saturated carbocycles. The molecule has 1 aromatic carbocycles. The third-order valence-electron chi connectivity index (χ3n) is 2.87. The summed E-state index contributed by atoms with van der Waals surface area (Å²) < 4.78 is 13.6. The third kappa shape index (κ3) is 4.99. The van der Waals surface area contributed by atoms with Crippen molar-refractivity contribution in [1.29, 1.82) is 0 Å². The number of hydrogen-bond donors (Lipinski definition) is 1. The zero-order valence-corrected chi connectivity index (χ0v) is 12.4. The average Bonchev–Trinajstić information content (AvgIpc) is 2.37. The summed E-state index contributed by atoms with van der Waals surface area (Å²) in [5.41, 5.74) is 1.78. The van der Waals surface area contributed by atoms with Gasteiger partial charge in [-0.2, -0.15) is 11.8 Å². The first-order valence-corrected chi connectivity index (χ1v) is 7.91. The second kappa shape index (κ2) is 8.54. The highest BCUT2D eigenvalue weighted by atomic mass is 32.2. The molecule has 0 fully saturated rings. The molecule has 0 heterocycles. The molecule has 1 aromatic rings. The van der Waals surface area contributed by atoms with Crippen molar-refractivity contribution in [2.24, 2.45) is 0 Å². The monoisotopic (exact) mass is 269 g/mol. The van der Waals surface area contributed by atoms with Crippen molar-refractivity contribution >= 4 is 11.8 Å². The van der Waals surface area contributed by atoms with Gasteiger partial charge in [0.2, 0.25) is 0 Å². The van der Waals surface area contributed by atoms with Crippen molar-refractivity contribution in [2.45, 2.75) is 39.7 Å².